The first-order valence-corrected chi connectivity index (χ1v) is 6.84. The average molecular weight is 270 g/mol. The number of halogens is 2. The first kappa shape index (κ1) is 12.4. The molecule has 4 heteroatoms. The fourth-order valence-corrected chi connectivity index (χ4v) is 3.02. The highest BCUT2D eigenvalue weighted by atomic mass is 35.5. The molecule has 1 aliphatic carbocycles. The highest BCUT2D eigenvalue weighted by molar-refractivity contribution is 6.30. The Labute approximate surface area is 111 Å². The smallest absolute Gasteiger partial charge is 0.141 e. The molecule has 1 aliphatic heterocycles. The van der Waals surface area contributed by atoms with Gasteiger partial charge in [-0.25, -0.2) is 4.39 Å². The second-order valence-electron chi connectivity index (χ2n) is 5.60. The normalized spacial score (nSPS) is 28.8. The Kier molecular flexibility index (Phi) is 3.08. The van der Waals surface area contributed by atoms with Crippen molar-refractivity contribution in [1.82, 2.24) is 4.90 Å². The van der Waals surface area contributed by atoms with Crippen molar-refractivity contribution in [3.63, 3.8) is 0 Å². The molecule has 1 heterocycles. The van der Waals surface area contributed by atoms with Crippen LogP contribution in [0.2, 0.25) is 5.02 Å². The van der Waals surface area contributed by atoms with Crippen LogP contribution >= 0.6 is 11.6 Å². The minimum atomic E-state index is -0.677. The maximum absolute atomic E-state index is 13.1. The van der Waals surface area contributed by atoms with Crippen molar-refractivity contribution in [3.05, 3.63) is 34.6 Å². The maximum Gasteiger partial charge on any atom is 0.141 e. The Hall–Kier alpha value is -0.640. The van der Waals surface area contributed by atoms with Crippen molar-refractivity contribution in [3.8, 4) is 0 Å². The number of hydrogen-bond donors (Lipinski definition) is 1. The lowest BCUT2D eigenvalue weighted by Crippen LogP contribution is -2.36. The molecule has 2 nitrogen and oxygen atoms in total. The van der Waals surface area contributed by atoms with Crippen LogP contribution in [0.3, 0.4) is 0 Å². The van der Waals surface area contributed by atoms with Gasteiger partial charge in [-0.15, -0.1) is 0 Å². The number of rotatable bonds is 3. The quantitative estimate of drug-likeness (QED) is 0.912. The molecule has 1 atom stereocenters. The van der Waals surface area contributed by atoms with Crippen molar-refractivity contribution in [2.75, 3.05) is 13.1 Å². The Morgan fingerprint density at radius 3 is 2.89 bits per heavy atom. The average Bonchev–Trinajstić information content (AvgIpc) is 3.09. The summed E-state index contributed by atoms with van der Waals surface area (Å²) in [5, 5.41) is 10.7. The van der Waals surface area contributed by atoms with Gasteiger partial charge in [0.2, 0.25) is 0 Å². The lowest BCUT2D eigenvalue weighted by molar-refractivity contribution is 0.0487. The Balaban J connectivity index is 1.69. The van der Waals surface area contributed by atoms with Crippen molar-refractivity contribution in [2.45, 2.75) is 37.3 Å². The Morgan fingerprint density at radius 2 is 2.22 bits per heavy atom. The molecule has 1 N–H and O–H groups in total. The van der Waals surface area contributed by atoms with E-state index in [0.29, 0.717) is 12.5 Å². The van der Waals surface area contributed by atoms with Crippen molar-refractivity contribution in [1.29, 1.82) is 0 Å². The van der Waals surface area contributed by atoms with Gasteiger partial charge in [-0.1, -0.05) is 17.7 Å². The standard InChI is InChI=1S/C14H17ClFNO/c15-12-7-10(1-4-13(12)16)8-14(18)5-6-17(9-14)11-2-3-11/h1,4,7,11,18H,2-3,5-6,8-9H2. The monoisotopic (exact) mass is 269 g/mol. The molecule has 2 fully saturated rings. The molecule has 98 valence electrons. The van der Waals surface area contributed by atoms with Crippen LogP contribution in [-0.2, 0) is 6.42 Å². The minimum absolute atomic E-state index is 0.133. The zero-order valence-corrected chi connectivity index (χ0v) is 11.0. The SMILES string of the molecule is OC1(Cc2ccc(F)c(Cl)c2)CCN(C2CC2)C1. The van der Waals surface area contributed by atoms with E-state index in [9.17, 15) is 9.50 Å². The second kappa shape index (κ2) is 4.48. The van der Waals surface area contributed by atoms with Crippen LogP contribution in [0.25, 0.3) is 0 Å². The summed E-state index contributed by atoms with van der Waals surface area (Å²) in [6.07, 6.45) is 3.87. The number of benzene rings is 1. The minimum Gasteiger partial charge on any atom is -0.388 e. The topological polar surface area (TPSA) is 23.5 Å². The third-order valence-electron chi connectivity index (χ3n) is 3.94. The van der Waals surface area contributed by atoms with Gasteiger partial charge < -0.3 is 5.11 Å². The fourth-order valence-electron chi connectivity index (χ4n) is 2.81. The zero-order valence-electron chi connectivity index (χ0n) is 10.2. The summed E-state index contributed by atoms with van der Waals surface area (Å²) in [4.78, 5) is 2.37. The van der Waals surface area contributed by atoms with Gasteiger partial charge in [0.05, 0.1) is 10.6 Å². The summed E-state index contributed by atoms with van der Waals surface area (Å²) < 4.78 is 13.1. The molecule has 2 aliphatic rings. The van der Waals surface area contributed by atoms with E-state index in [1.807, 2.05) is 0 Å². The number of likely N-dealkylation sites (tertiary alicyclic amines) is 1. The lowest BCUT2D eigenvalue weighted by Gasteiger charge is -2.23. The Bertz CT molecular complexity index is 463. The van der Waals surface area contributed by atoms with Gasteiger partial charge in [0, 0.05) is 25.6 Å². The molecule has 0 bridgehead atoms. The highest BCUT2D eigenvalue weighted by Crippen LogP contribution is 2.35. The van der Waals surface area contributed by atoms with Crippen molar-refractivity contribution in [2.24, 2.45) is 0 Å². The molecule has 0 aromatic heterocycles. The van der Waals surface area contributed by atoms with Gasteiger partial charge in [-0.05, 0) is 37.0 Å². The van der Waals surface area contributed by atoms with Gasteiger partial charge >= 0.3 is 0 Å². The number of β-amino-alcohol motifs (C(OH)–C–C–N with tert-alkyl or cyclic N) is 1. The van der Waals surface area contributed by atoms with E-state index < -0.39 is 11.4 Å². The molecule has 0 amide bonds. The number of hydrogen-bond acceptors (Lipinski definition) is 2. The lowest BCUT2D eigenvalue weighted by atomic mass is 9.94. The molecule has 1 aromatic carbocycles. The van der Waals surface area contributed by atoms with Gasteiger partial charge in [0.25, 0.3) is 0 Å². The summed E-state index contributed by atoms with van der Waals surface area (Å²) >= 11 is 5.77. The number of aliphatic hydroxyl groups is 1. The van der Waals surface area contributed by atoms with E-state index in [1.54, 1.807) is 12.1 Å². The molecule has 0 spiro atoms. The molecule has 1 saturated carbocycles. The van der Waals surface area contributed by atoms with Crippen LogP contribution in [0.4, 0.5) is 4.39 Å². The molecular formula is C14H17ClFNO. The summed E-state index contributed by atoms with van der Waals surface area (Å²) in [6, 6.07) is 5.39. The third-order valence-corrected chi connectivity index (χ3v) is 4.23. The van der Waals surface area contributed by atoms with Crippen LogP contribution in [-0.4, -0.2) is 34.7 Å². The van der Waals surface area contributed by atoms with Crippen LogP contribution in [0.15, 0.2) is 18.2 Å². The molecule has 1 saturated heterocycles. The van der Waals surface area contributed by atoms with E-state index in [4.69, 9.17) is 11.6 Å². The van der Waals surface area contributed by atoms with Crippen molar-refractivity contribution < 1.29 is 9.50 Å². The fraction of sp³-hybridized carbons (Fsp3) is 0.571. The van der Waals surface area contributed by atoms with Gasteiger partial charge in [0.15, 0.2) is 0 Å². The summed E-state index contributed by atoms with van der Waals surface area (Å²) in [5.74, 6) is -0.404. The van der Waals surface area contributed by atoms with E-state index in [-0.39, 0.29) is 5.02 Å². The largest absolute Gasteiger partial charge is 0.388 e. The summed E-state index contributed by atoms with van der Waals surface area (Å²) in [5.41, 5.74) is 0.227. The molecule has 0 radical (unpaired) electrons. The van der Waals surface area contributed by atoms with E-state index in [0.717, 1.165) is 25.1 Å². The maximum atomic E-state index is 13.1. The summed E-state index contributed by atoms with van der Waals surface area (Å²) in [7, 11) is 0. The highest BCUT2D eigenvalue weighted by Gasteiger charge is 2.41. The zero-order chi connectivity index (χ0) is 12.8. The van der Waals surface area contributed by atoms with Crippen LogP contribution in [0, 0.1) is 5.82 Å². The van der Waals surface area contributed by atoms with E-state index >= 15 is 0 Å². The summed E-state index contributed by atoms with van der Waals surface area (Å²) in [6.45, 7) is 1.70. The molecule has 18 heavy (non-hydrogen) atoms. The molecule has 1 aromatic rings. The molecule has 1 unspecified atom stereocenters. The van der Waals surface area contributed by atoms with Gasteiger partial charge in [-0.2, -0.15) is 0 Å². The van der Waals surface area contributed by atoms with Gasteiger partial charge in [0.1, 0.15) is 5.82 Å². The molecule has 3 rings (SSSR count). The first-order chi connectivity index (χ1) is 8.56. The van der Waals surface area contributed by atoms with E-state index in [1.165, 1.54) is 18.9 Å². The van der Waals surface area contributed by atoms with E-state index in [2.05, 4.69) is 4.90 Å². The number of nitrogens with zero attached hydrogens (tertiary/aromatic N) is 1. The van der Waals surface area contributed by atoms with Crippen LogP contribution < -0.4 is 0 Å². The molecular weight excluding hydrogens is 253 g/mol. The third kappa shape index (κ3) is 2.53. The first-order valence-electron chi connectivity index (χ1n) is 6.46. The predicted octanol–water partition coefficient (Wildman–Crippen LogP) is 2.62. The van der Waals surface area contributed by atoms with Crippen molar-refractivity contribution >= 4 is 11.6 Å². The van der Waals surface area contributed by atoms with Gasteiger partial charge in [-0.3, -0.25) is 4.90 Å². The Morgan fingerprint density at radius 1 is 1.44 bits per heavy atom. The van der Waals surface area contributed by atoms with Crippen LogP contribution in [0.1, 0.15) is 24.8 Å². The van der Waals surface area contributed by atoms with Crippen LogP contribution in [0.5, 0.6) is 0 Å². The predicted molar refractivity (Wildman–Crippen MR) is 69.3 cm³/mol. The second-order valence-corrected chi connectivity index (χ2v) is 6.01.